The fourth-order valence-electron chi connectivity index (χ4n) is 2.08. The summed E-state index contributed by atoms with van der Waals surface area (Å²) < 4.78 is 1.67. The number of thioether (sulfide) groups is 1. The van der Waals surface area contributed by atoms with Crippen molar-refractivity contribution < 1.29 is 4.79 Å². The lowest BCUT2D eigenvalue weighted by atomic mass is 10.1. The molecule has 3 rings (SSSR count). The molecule has 20 heavy (non-hydrogen) atoms. The second-order valence-corrected chi connectivity index (χ2v) is 6.21. The topological polar surface area (TPSA) is 67.8 Å². The first-order valence-electron chi connectivity index (χ1n) is 6.59. The lowest BCUT2D eigenvalue weighted by Gasteiger charge is -2.10. The molecule has 1 saturated carbocycles. The molecule has 6 heteroatoms. The molecule has 1 heterocycles. The molecule has 0 radical (unpaired) electrons. The molecule has 5 nitrogen and oxygen atoms in total. The van der Waals surface area contributed by atoms with Crippen molar-refractivity contribution >= 4 is 17.5 Å². The Morgan fingerprint density at radius 1 is 1.40 bits per heavy atom. The lowest BCUT2D eigenvalue weighted by Crippen LogP contribution is -2.18. The van der Waals surface area contributed by atoms with Gasteiger partial charge < -0.3 is 0 Å². The molecule has 0 aliphatic heterocycles. The summed E-state index contributed by atoms with van der Waals surface area (Å²) in [5, 5.41) is 6.83. The molecule has 1 aliphatic carbocycles. The van der Waals surface area contributed by atoms with Crippen LogP contribution in [0.1, 0.15) is 36.2 Å². The van der Waals surface area contributed by atoms with E-state index in [2.05, 4.69) is 10.2 Å². The Labute approximate surface area is 120 Å². The van der Waals surface area contributed by atoms with E-state index in [1.54, 1.807) is 16.7 Å². The molecule has 2 aromatic rings. The Kier molecular flexibility index (Phi) is 3.48. The van der Waals surface area contributed by atoms with Crippen LogP contribution in [0.15, 0.2) is 40.3 Å². The van der Waals surface area contributed by atoms with Crippen molar-refractivity contribution in [3.63, 3.8) is 0 Å². The summed E-state index contributed by atoms with van der Waals surface area (Å²) in [5.41, 5.74) is 0.498. The van der Waals surface area contributed by atoms with E-state index in [0.717, 1.165) is 12.8 Å². The predicted molar refractivity (Wildman–Crippen MR) is 77.2 cm³/mol. The van der Waals surface area contributed by atoms with E-state index in [-0.39, 0.29) is 22.8 Å². The first-order chi connectivity index (χ1) is 9.66. The number of rotatable bonds is 5. The minimum Gasteiger partial charge on any atom is -0.293 e. The van der Waals surface area contributed by atoms with Gasteiger partial charge in [-0.3, -0.25) is 9.36 Å². The summed E-state index contributed by atoms with van der Waals surface area (Å²) >= 11 is 1.33. The van der Waals surface area contributed by atoms with Crippen LogP contribution in [0.25, 0.3) is 0 Å². The number of benzene rings is 1. The van der Waals surface area contributed by atoms with Gasteiger partial charge in [-0.25, -0.2) is 9.89 Å². The van der Waals surface area contributed by atoms with Crippen LogP contribution in [0.5, 0.6) is 0 Å². The van der Waals surface area contributed by atoms with E-state index in [4.69, 9.17) is 0 Å². The number of ketones is 1. The van der Waals surface area contributed by atoms with Gasteiger partial charge in [0.2, 0.25) is 0 Å². The monoisotopic (exact) mass is 289 g/mol. The van der Waals surface area contributed by atoms with Gasteiger partial charge in [0.1, 0.15) is 0 Å². The number of H-pyrrole nitrogens is 1. The third-order valence-electron chi connectivity index (χ3n) is 3.29. The Morgan fingerprint density at radius 3 is 2.75 bits per heavy atom. The summed E-state index contributed by atoms with van der Waals surface area (Å²) in [6.45, 7) is 1.84. The molecular formula is C14H15N3O2S. The van der Waals surface area contributed by atoms with Gasteiger partial charge in [0.25, 0.3) is 0 Å². The van der Waals surface area contributed by atoms with Gasteiger partial charge in [-0.05, 0) is 19.8 Å². The smallest absolute Gasteiger partial charge is 0.293 e. The maximum absolute atomic E-state index is 12.3. The summed E-state index contributed by atoms with van der Waals surface area (Å²) in [5.74, 6) is 0.0494. The minimum atomic E-state index is -0.273. The highest BCUT2D eigenvalue weighted by molar-refractivity contribution is 8.00. The van der Waals surface area contributed by atoms with Crippen molar-refractivity contribution in [2.75, 3.05) is 0 Å². The van der Waals surface area contributed by atoms with E-state index in [9.17, 15) is 9.59 Å². The number of hydrogen-bond acceptors (Lipinski definition) is 4. The van der Waals surface area contributed by atoms with Crippen LogP contribution in [0.4, 0.5) is 0 Å². The van der Waals surface area contributed by atoms with E-state index in [1.165, 1.54) is 11.8 Å². The van der Waals surface area contributed by atoms with Crippen LogP contribution in [0.3, 0.4) is 0 Å². The molecule has 1 aliphatic rings. The zero-order chi connectivity index (χ0) is 14.1. The average molecular weight is 289 g/mol. The normalized spacial score (nSPS) is 16.1. The predicted octanol–water partition coefficient (Wildman–Crippen LogP) is 2.27. The molecule has 1 N–H and O–H groups in total. The maximum atomic E-state index is 12.3. The highest BCUT2D eigenvalue weighted by atomic mass is 32.2. The number of Topliss-reactive ketones (excluding diaryl/α,β-unsaturated/α-hetero) is 1. The molecule has 1 aromatic heterocycles. The van der Waals surface area contributed by atoms with Crippen LogP contribution in [-0.2, 0) is 0 Å². The summed E-state index contributed by atoms with van der Waals surface area (Å²) in [4.78, 5) is 24.0. The van der Waals surface area contributed by atoms with Crippen molar-refractivity contribution in [3.05, 3.63) is 46.4 Å². The zero-order valence-electron chi connectivity index (χ0n) is 11.1. The van der Waals surface area contributed by atoms with E-state index in [0.29, 0.717) is 10.7 Å². The fourth-order valence-corrected chi connectivity index (χ4v) is 3.08. The number of carbonyl (C=O) groups is 1. The van der Waals surface area contributed by atoms with E-state index >= 15 is 0 Å². The summed E-state index contributed by atoms with van der Waals surface area (Å²) in [6, 6.07) is 9.43. The van der Waals surface area contributed by atoms with Crippen molar-refractivity contribution in [2.24, 2.45) is 0 Å². The van der Waals surface area contributed by atoms with Crippen molar-refractivity contribution in [1.29, 1.82) is 0 Å². The zero-order valence-corrected chi connectivity index (χ0v) is 11.9. The van der Waals surface area contributed by atoms with Gasteiger partial charge in [0.05, 0.1) is 5.25 Å². The third-order valence-corrected chi connectivity index (χ3v) is 4.36. The van der Waals surface area contributed by atoms with Crippen LogP contribution in [-0.4, -0.2) is 25.8 Å². The average Bonchev–Trinajstić information content (AvgIpc) is 3.24. The second-order valence-electron chi connectivity index (χ2n) is 4.90. The van der Waals surface area contributed by atoms with Crippen LogP contribution in [0.2, 0.25) is 0 Å². The Bertz CT molecular complexity index is 673. The Hall–Kier alpha value is -1.82. The lowest BCUT2D eigenvalue weighted by molar-refractivity contribution is 0.0994. The molecule has 0 spiro atoms. The molecule has 1 aromatic carbocycles. The number of nitrogens with one attached hydrogen (secondary N) is 1. The van der Waals surface area contributed by atoms with Crippen molar-refractivity contribution in [2.45, 2.75) is 36.2 Å². The minimum absolute atomic E-state index is 0.0494. The summed E-state index contributed by atoms with van der Waals surface area (Å²) in [6.07, 6.45) is 2.02. The molecule has 1 atom stereocenters. The van der Waals surface area contributed by atoms with Gasteiger partial charge in [-0.1, -0.05) is 42.1 Å². The molecule has 0 amide bonds. The maximum Gasteiger partial charge on any atom is 0.344 e. The number of nitrogens with zero attached hydrogens (tertiary/aromatic N) is 2. The van der Waals surface area contributed by atoms with Crippen molar-refractivity contribution in [1.82, 2.24) is 14.8 Å². The molecular weight excluding hydrogens is 274 g/mol. The van der Waals surface area contributed by atoms with Gasteiger partial charge >= 0.3 is 5.69 Å². The first-order valence-corrected chi connectivity index (χ1v) is 7.47. The number of carbonyl (C=O) groups excluding carboxylic acids is 1. The van der Waals surface area contributed by atoms with Gasteiger partial charge in [0.15, 0.2) is 10.9 Å². The fraction of sp³-hybridized carbons (Fsp3) is 0.357. The SMILES string of the molecule is C[C@@H](Sc1n[nH]c(=O)n1C1CC1)C(=O)c1ccccc1. The molecule has 0 saturated heterocycles. The van der Waals surface area contributed by atoms with Crippen LogP contribution < -0.4 is 5.69 Å². The highest BCUT2D eigenvalue weighted by Crippen LogP contribution is 2.37. The number of hydrogen-bond donors (Lipinski definition) is 1. The van der Waals surface area contributed by atoms with Gasteiger partial charge in [-0.15, -0.1) is 5.10 Å². The van der Waals surface area contributed by atoms with Gasteiger partial charge in [-0.2, -0.15) is 0 Å². The highest BCUT2D eigenvalue weighted by Gasteiger charge is 2.30. The molecule has 0 bridgehead atoms. The third kappa shape index (κ3) is 2.56. The van der Waals surface area contributed by atoms with E-state index in [1.807, 2.05) is 25.1 Å². The molecule has 104 valence electrons. The van der Waals surface area contributed by atoms with E-state index < -0.39 is 0 Å². The van der Waals surface area contributed by atoms with Crippen LogP contribution >= 0.6 is 11.8 Å². The standard InChI is InChI=1S/C14H15N3O2S/c1-9(12(18)10-5-3-2-4-6-10)20-14-16-15-13(19)17(14)11-7-8-11/h2-6,9,11H,7-8H2,1H3,(H,15,19)/t9-/m1/s1. The van der Waals surface area contributed by atoms with Crippen molar-refractivity contribution in [3.8, 4) is 0 Å². The quantitative estimate of drug-likeness (QED) is 0.677. The Morgan fingerprint density at radius 2 is 2.10 bits per heavy atom. The van der Waals surface area contributed by atoms with Gasteiger partial charge in [0, 0.05) is 11.6 Å². The van der Waals surface area contributed by atoms with Crippen LogP contribution in [0, 0.1) is 0 Å². The number of aromatic nitrogens is 3. The first kappa shape index (κ1) is 13.2. The molecule has 1 fully saturated rings. The second kappa shape index (κ2) is 5.28. The molecule has 0 unspecified atom stereocenters. The largest absolute Gasteiger partial charge is 0.344 e. The number of aromatic amines is 1. The summed E-state index contributed by atoms with van der Waals surface area (Å²) in [7, 11) is 0. The Balaban J connectivity index is 1.78.